The Balaban J connectivity index is 0. The molecule has 0 fully saturated rings. The zero-order chi connectivity index (χ0) is 30.4. The second-order valence-electron chi connectivity index (χ2n) is 7.32. The first-order chi connectivity index (χ1) is 18.6. The van der Waals surface area contributed by atoms with Gasteiger partial charge in [-0.15, -0.1) is 0 Å². The molecule has 39 heavy (non-hydrogen) atoms. The highest BCUT2D eigenvalue weighted by molar-refractivity contribution is 5.86. The summed E-state index contributed by atoms with van der Waals surface area (Å²) in [4.78, 5) is 38.3. The Hall–Kier alpha value is -3.97. The van der Waals surface area contributed by atoms with Gasteiger partial charge >= 0.3 is 17.9 Å². The van der Waals surface area contributed by atoms with E-state index < -0.39 is 36.0 Å². The molecule has 2 unspecified atom stereocenters. The Kier molecular flexibility index (Phi) is 21.0. The number of carboxylic acid groups (broad SMARTS) is 3. The highest BCUT2D eigenvalue weighted by atomic mass is 16.4. The van der Waals surface area contributed by atoms with Crippen molar-refractivity contribution >= 4 is 28.7 Å². The first-order valence-electron chi connectivity index (χ1n) is 12.4. The lowest BCUT2D eigenvalue weighted by atomic mass is 9.99. The number of hydrogen-bond donors (Lipinski definition) is 7. The maximum atomic E-state index is 10.7. The molecule has 0 saturated heterocycles. The molecule has 0 radical (unpaired) electrons. The lowest BCUT2D eigenvalue weighted by Crippen LogP contribution is -2.37. The molecule has 3 rings (SSSR count). The topological polar surface area (TPSA) is 242 Å². The second kappa shape index (κ2) is 22.1. The van der Waals surface area contributed by atoms with E-state index in [1.807, 2.05) is 70.2 Å². The molecule has 1 aromatic heterocycles. The van der Waals surface area contributed by atoms with Crippen LogP contribution in [0.2, 0.25) is 0 Å². The summed E-state index contributed by atoms with van der Waals surface area (Å²) < 4.78 is 0. The van der Waals surface area contributed by atoms with Gasteiger partial charge in [0.05, 0.1) is 0 Å². The van der Waals surface area contributed by atoms with Crippen LogP contribution < -0.4 is 22.9 Å². The highest BCUT2D eigenvalue weighted by Gasteiger charge is 2.13. The molecule has 3 atom stereocenters. The number of nitrogens with two attached hydrogens (primary N) is 4. The van der Waals surface area contributed by atoms with Gasteiger partial charge in [-0.1, -0.05) is 70.2 Å². The number of hydrogen-bond acceptors (Lipinski definition) is 9. The highest BCUT2D eigenvalue weighted by Crippen LogP contribution is 2.19. The molecular formula is C27H42N6O6. The van der Waals surface area contributed by atoms with Crippen LogP contribution in [-0.4, -0.2) is 67.9 Å². The van der Waals surface area contributed by atoms with Gasteiger partial charge in [-0.05, 0) is 28.8 Å². The standard InChI is InChI=1S/C13H13NO2.C7H9N3O2.C3H8N2O2.2C2H6/c14-12(13(15)16)8-10-6-3-5-9-4-1-2-7-11(9)10;8-6(7(11)12)3-5-1-2-9-4-10-5;4-1-2(5)3(6)7;2*1-2/h1-7,12H,8,14H2,(H,15,16);1-2,4,6H,3,8H2,(H,11,12);2H,1,4-5H2,(H,6,7);2*1-2H3/t;6-;;;/m.0.../s1. The lowest BCUT2D eigenvalue weighted by molar-refractivity contribution is -0.139. The van der Waals surface area contributed by atoms with Crippen LogP contribution in [0.15, 0.2) is 61.1 Å². The fraction of sp³-hybridized carbons (Fsp3) is 0.370. The summed E-state index contributed by atoms with van der Waals surface area (Å²) in [6.07, 6.45) is 3.51. The smallest absolute Gasteiger partial charge is 0.321 e. The average Bonchev–Trinajstić information content (AvgIpc) is 2.96. The van der Waals surface area contributed by atoms with Crippen LogP contribution >= 0.6 is 0 Å². The van der Waals surface area contributed by atoms with Crippen molar-refractivity contribution in [1.82, 2.24) is 9.97 Å². The lowest BCUT2D eigenvalue weighted by Gasteiger charge is -2.09. The van der Waals surface area contributed by atoms with Gasteiger partial charge in [-0.2, -0.15) is 0 Å². The van der Waals surface area contributed by atoms with Crippen LogP contribution in [0.1, 0.15) is 39.0 Å². The molecule has 3 aromatic rings. The quantitative estimate of drug-likeness (QED) is 0.213. The van der Waals surface area contributed by atoms with Crippen LogP contribution in [0.25, 0.3) is 10.8 Å². The number of aliphatic carboxylic acids is 3. The molecule has 2 aromatic carbocycles. The number of fused-ring (bicyclic) bond motifs is 1. The van der Waals surface area contributed by atoms with E-state index in [4.69, 9.17) is 38.3 Å². The predicted molar refractivity (Wildman–Crippen MR) is 152 cm³/mol. The van der Waals surface area contributed by atoms with E-state index in [1.54, 1.807) is 12.3 Å². The number of benzene rings is 2. The van der Waals surface area contributed by atoms with Gasteiger partial charge in [0, 0.05) is 24.9 Å². The number of carboxylic acids is 3. The van der Waals surface area contributed by atoms with E-state index in [2.05, 4.69) is 9.97 Å². The third-order valence-corrected chi connectivity index (χ3v) is 4.60. The van der Waals surface area contributed by atoms with Gasteiger partial charge in [-0.25, -0.2) is 9.97 Å². The summed E-state index contributed by atoms with van der Waals surface area (Å²) in [5.41, 5.74) is 22.2. The molecule has 0 bridgehead atoms. The molecule has 0 spiro atoms. The third kappa shape index (κ3) is 15.8. The van der Waals surface area contributed by atoms with Crippen molar-refractivity contribution in [2.45, 2.75) is 58.7 Å². The molecule has 12 nitrogen and oxygen atoms in total. The van der Waals surface area contributed by atoms with Crippen molar-refractivity contribution in [3.63, 3.8) is 0 Å². The number of carbonyl (C=O) groups is 3. The van der Waals surface area contributed by atoms with Gasteiger partial charge in [0.1, 0.15) is 24.5 Å². The Morgan fingerprint density at radius 3 is 1.72 bits per heavy atom. The average molecular weight is 547 g/mol. The molecule has 0 aliphatic carbocycles. The number of aromatic nitrogens is 2. The molecule has 0 aliphatic rings. The number of rotatable bonds is 8. The maximum absolute atomic E-state index is 10.7. The normalized spacial score (nSPS) is 11.7. The monoisotopic (exact) mass is 546 g/mol. The van der Waals surface area contributed by atoms with E-state index in [-0.39, 0.29) is 13.0 Å². The van der Waals surface area contributed by atoms with E-state index >= 15 is 0 Å². The van der Waals surface area contributed by atoms with Crippen molar-refractivity contribution in [3.05, 3.63) is 72.3 Å². The van der Waals surface area contributed by atoms with E-state index in [9.17, 15) is 14.4 Å². The molecule has 1 heterocycles. The third-order valence-electron chi connectivity index (χ3n) is 4.60. The Morgan fingerprint density at radius 2 is 1.26 bits per heavy atom. The SMILES string of the molecule is CC.CC.NC(Cc1cccc2ccccc12)C(=O)O.NCC(N)C(=O)O.N[C@@H](Cc1ccncn1)C(=O)O. The fourth-order valence-electron chi connectivity index (χ4n) is 2.65. The van der Waals surface area contributed by atoms with Crippen molar-refractivity contribution in [3.8, 4) is 0 Å². The van der Waals surface area contributed by atoms with Crippen LogP contribution in [0.4, 0.5) is 0 Å². The van der Waals surface area contributed by atoms with Crippen LogP contribution in [-0.2, 0) is 27.2 Å². The predicted octanol–water partition coefficient (Wildman–Crippen LogP) is 1.63. The minimum absolute atomic E-state index is 0.00463. The van der Waals surface area contributed by atoms with Crippen LogP contribution in [0.5, 0.6) is 0 Å². The first-order valence-corrected chi connectivity index (χ1v) is 12.4. The minimum atomic E-state index is -1.05. The largest absolute Gasteiger partial charge is 0.480 e. The Bertz CT molecular complexity index is 1100. The van der Waals surface area contributed by atoms with Gasteiger partial charge in [0.15, 0.2) is 0 Å². The first kappa shape index (κ1) is 37.2. The Morgan fingerprint density at radius 1 is 0.744 bits per heavy atom. The Labute approximate surface area is 229 Å². The van der Waals surface area contributed by atoms with Crippen LogP contribution in [0.3, 0.4) is 0 Å². The zero-order valence-corrected chi connectivity index (χ0v) is 22.9. The summed E-state index contributed by atoms with van der Waals surface area (Å²) >= 11 is 0. The zero-order valence-electron chi connectivity index (χ0n) is 22.9. The molecule has 11 N–H and O–H groups in total. The van der Waals surface area contributed by atoms with Gasteiger partial charge < -0.3 is 38.3 Å². The maximum Gasteiger partial charge on any atom is 0.321 e. The summed E-state index contributed by atoms with van der Waals surface area (Å²) in [6.45, 7) is 8.00. The fourth-order valence-corrected chi connectivity index (χ4v) is 2.65. The second-order valence-corrected chi connectivity index (χ2v) is 7.32. The van der Waals surface area contributed by atoms with Gasteiger partial charge in [0.2, 0.25) is 0 Å². The summed E-state index contributed by atoms with van der Waals surface area (Å²) in [5.74, 6) is -3.04. The van der Waals surface area contributed by atoms with Gasteiger partial charge in [0.25, 0.3) is 0 Å². The van der Waals surface area contributed by atoms with Crippen LogP contribution in [0, 0.1) is 0 Å². The minimum Gasteiger partial charge on any atom is -0.480 e. The molecule has 216 valence electrons. The molecule has 0 amide bonds. The van der Waals surface area contributed by atoms with E-state index in [1.165, 1.54) is 6.33 Å². The summed E-state index contributed by atoms with van der Waals surface area (Å²) in [7, 11) is 0. The van der Waals surface area contributed by atoms with E-state index in [0.717, 1.165) is 16.3 Å². The number of nitrogens with zero attached hydrogens (tertiary/aromatic N) is 2. The molecule has 12 heteroatoms. The van der Waals surface area contributed by atoms with Crippen molar-refractivity contribution in [2.24, 2.45) is 22.9 Å². The van der Waals surface area contributed by atoms with E-state index in [0.29, 0.717) is 12.1 Å². The van der Waals surface area contributed by atoms with Gasteiger partial charge in [-0.3, -0.25) is 14.4 Å². The summed E-state index contributed by atoms with van der Waals surface area (Å²) in [6, 6.07) is 12.8. The molecule has 0 saturated carbocycles. The van der Waals surface area contributed by atoms with Crippen molar-refractivity contribution < 1.29 is 29.7 Å². The molecule has 0 aliphatic heterocycles. The van der Waals surface area contributed by atoms with Crippen molar-refractivity contribution in [2.75, 3.05) is 6.54 Å². The van der Waals surface area contributed by atoms with Crippen molar-refractivity contribution in [1.29, 1.82) is 0 Å². The summed E-state index contributed by atoms with van der Waals surface area (Å²) in [5, 5.41) is 27.4. The molecular weight excluding hydrogens is 504 g/mol.